The van der Waals surface area contributed by atoms with Gasteiger partial charge in [-0.2, -0.15) is 0 Å². The van der Waals surface area contributed by atoms with Gasteiger partial charge < -0.3 is 10.6 Å². The summed E-state index contributed by atoms with van der Waals surface area (Å²) in [6.45, 7) is 4.79. The van der Waals surface area contributed by atoms with E-state index in [1.54, 1.807) is 6.42 Å². The van der Waals surface area contributed by atoms with E-state index in [1.807, 2.05) is 0 Å². The van der Waals surface area contributed by atoms with E-state index in [9.17, 15) is 0 Å². The first kappa shape index (κ1) is 9.17. The van der Waals surface area contributed by atoms with E-state index in [4.69, 9.17) is 0 Å². The van der Waals surface area contributed by atoms with E-state index in [2.05, 4.69) is 17.6 Å². The molecule has 1 aliphatic heterocycles. The van der Waals surface area contributed by atoms with Crippen LogP contribution in [-0.2, 0) is 0 Å². The Hall–Kier alpha value is -0.0800. The Morgan fingerprint density at radius 1 is 1.14 bits per heavy atom. The van der Waals surface area contributed by atoms with Crippen LogP contribution < -0.4 is 10.6 Å². The van der Waals surface area contributed by atoms with Crippen LogP contribution in [0.2, 0.25) is 0 Å². The molecule has 3 aliphatic rings. The maximum atomic E-state index is 3.89. The fraction of sp³-hybridized carbons (Fsp3) is 1.00. The van der Waals surface area contributed by atoms with E-state index in [0.29, 0.717) is 0 Å². The number of hydrogen-bond donors (Lipinski definition) is 2. The molecule has 3 fully saturated rings. The van der Waals surface area contributed by atoms with Gasteiger partial charge in [0.2, 0.25) is 0 Å². The third kappa shape index (κ3) is 1.70. The first-order valence-corrected chi connectivity index (χ1v) is 6.29. The standard InChI is InChI=1S/C12H22N2/c1-8-7-13-3-2-12(8)14-11-5-9-4-10(9)6-11/h8-14H,2-7H2,1H3. The fourth-order valence-corrected chi connectivity index (χ4v) is 3.42. The molecule has 0 aromatic heterocycles. The largest absolute Gasteiger partial charge is 0.316 e. The van der Waals surface area contributed by atoms with Gasteiger partial charge in [0.05, 0.1) is 0 Å². The van der Waals surface area contributed by atoms with Gasteiger partial charge in [0, 0.05) is 12.1 Å². The summed E-state index contributed by atoms with van der Waals surface area (Å²) >= 11 is 0. The summed E-state index contributed by atoms with van der Waals surface area (Å²) in [5.74, 6) is 3.05. The number of rotatable bonds is 2. The minimum absolute atomic E-state index is 0.791. The number of fused-ring (bicyclic) bond motifs is 1. The summed E-state index contributed by atoms with van der Waals surface area (Å²) in [4.78, 5) is 0. The zero-order chi connectivity index (χ0) is 9.54. The van der Waals surface area contributed by atoms with E-state index in [0.717, 1.165) is 29.8 Å². The molecule has 1 saturated heterocycles. The molecule has 2 nitrogen and oxygen atoms in total. The molecular formula is C12H22N2. The lowest BCUT2D eigenvalue weighted by Crippen LogP contribution is -2.49. The van der Waals surface area contributed by atoms with E-state index < -0.39 is 0 Å². The first-order valence-electron chi connectivity index (χ1n) is 6.29. The molecule has 2 aliphatic carbocycles. The normalized spacial score (nSPS) is 51.6. The van der Waals surface area contributed by atoms with Crippen molar-refractivity contribution in [3.05, 3.63) is 0 Å². The summed E-state index contributed by atoms with van der Waals surface area (Å²) < 4.78 is 0. The van der Waals surface area contributed by atoms with Crippen LogP contribution >= 0.6 is 0 Å². The Balaban J connectivity index is 1.50. The molecule has 2 N–H and O–H groups in total. The Kier molecular flexibility index (Phi) is 2.29. The van der Waals surface area contributed by atoms with Crippen LogP contribution in [-0.4, -0.2) is 25.2 Å². The van der Waals surface area contributed by atoms with Crippen LogP contribution in [0.3, 0.4) is 0 Å². The molecule has 0 radical (unpaired) electrons. The summed E-state index contributed by atoms with van der Waals surface area (Å²) in [5, 5.41) is 7.36. The van der Waals surface area contributed by atoms with Gasteiger partial charge in [0.25, 0.3) is 0 Å². The fourth-order valence-electron chi connectivity index (χ4n) is 3.42. The highest BCUT2D eigenvalue weighted by Gasteiger charge is 2.46. The second-order valence-electron chi connectivity index (χ2n) is 5.67. The van der Waals surface area contributed by atoms with Crippen LogP contribution in [0.15, 0.2) is 0 Å². The Morgan fingerprint density at radius 2 is 1.93 bits per heavy atom. The van der Waals surface area contributed by atoms with Crippen LogP contribution in [0.25, 0.3) is 0 Å². The minimum Gasteiger partial charge on any atom is -0.316 e. The van der Waals surface area contributed by atoms with Crippen molar-refractivity contribution < 1.29 is 0 Å². The van der Waals surface area contributed by atoms with Gasteiger partial charge in [-0.1, -0.05) is 6.92 Å². The molecule has 0 spiro atoms. The lowest BCUT2D eigenvalue weighted by atomic mass is 9.94. The Labute approximate surface area is 86.8 Å². The molecule has 3 rings (SSSR count). The SMILES string of the molecule is CC1CNCCC1NC1CC2CC2C1. The van der Waals surface area contributed by atoms with Gasteiger partial charge in [0.1, 0.15) is 0 Å². The molecule has 0 bridgehead atoms. The molecule has 80 valence electrons. The molecule has 0 amide bonds. The molecule has 4 atom stereocenters. The van der Waals surface area contributed by atoms with Crippen LogP contribution in [0.1, 0.15) is 32.6 Å². The van der Waals surface area contributed by atoms with Gasteiger partial charge in [0.15, 0.2) is 0 Å². The average Bonchev–Trinajstić information content (AvgIpc) is 2.79. The maximum absolute atomic E-state index is 3.89. The molecule has 2 heteroatoms. The Bertz CT molecular complexity index is 206. The topological polar surface area (TPSA) is 24.1 Å². The highest BCUT2D eigenvalue weighted by molar-refractivity contribution is 5.00. The molecular weight excluding hydrogens is 172 g/mol. The third-order valence-corrected chi connectivity index (χ3v) is 4.48. The van der Waals surface area contributed by atoms with Crippen molar-refractivity contribution in [3.63, 3.8) is 0 Å². The zero-order valence-corrected chi connectivity index (χ0v) is 9.13. The van der Waals surface area contributed by atoms with Gasteiger partial charge in [-0.25, -0.2) is 0 Å². The monoisotopic (exact) mass is 194 g/mol. The van der Waals surface area contributed by atoms with Crippen molar-refractivity contribution in [1.29, 1.82) is 0 Å². The molecule has 0 aromatic carbocycles. The minimum atomic E-state index is 0.791. The van der Waals surface area contributed by atoms with Gasteiger partial charge >= 0.3 is 0 Å². The predicted molar refractivity (Wildman–Crippen MR) is 58.2 cm³/mol. The highest BCUT2D eigenvalue weighted by Crippen LogP contribution is 2.51. The zero-order valence-electron chi connectivity index (χ0n) is 9.13. The summed E-state index contributed by atoms with van der Waals surface area (Å²) in [5.41, 5.74) is 0. The predicted octanol–water partition coefficient (Wildman–Crippen LogP) is 1.37. The molecule has 1 heterocycles. The lowest BCUT2D eigenvalue weighted by molar-refractivity contribution is 0.267. The van der Waals surface area contributed by atoms with Gasteiger partial charge in [-0.3, -0.25) is 0 Å². The lowest BCUT2D eigenvalue weighted by Gasteiger charge is -2.33. The van der Waals surface area contributed by atoms with Crippen molar-refractivity contribution in [2.45, 2.75) is 44.7 Å². The number of piperidine rings is 1. The van der Waals surface area contributed by atoms with Crippen LogP contribution in [0.4, 0.5) is 0 Å². The van der Waals surface area contributed by atoms with Crippen LogP contribution in [0.5, 0.6) is 0 Å². The maximum Gasteiger partial charge on any atom is 0.0119 e. The van der Waals surface area contributed by atoms with E-state index in [-0.39, 0.29) is 0 Å². The van der Waals surface area contributed by atoms with Crippen molar-refractivity contribution in [1.82, 2.24) is 10.6 Å². The summed E-state index contributed by atoms with van der Waals surface area (Å²) in [6, 6.07) is 1.66. The van der Waals surface area contributed by atoms with E-state index in [1.165, 1.54) is 32.4 Å². The smallest absolute Gasteiger partial charge is 0.0119 e. The average molecular weight is 194 g/mol. The van der Waals surface area contributed by atoms with Crippen molar-refractivity contribution in [2.75, 3.05) is 13.1 Å². The quantitative estimate of drug-likeness (QED) is 0.694. The number of hydrogen-bond acceptors (Lipinski definition) is 2. The summed E-state index contributed by atoms with van der Waals surface area (Å²) in [7, 11) is 0. The van der Waals surface area contributed by atoms with Crippen LogP contribution in [0, 0.1) is 17.8 Å². The van der Waals surface area contributed by atoms with Crippen molar-refractivity contribution in [2.24, 2.45) is 17.8 Å². The molecule has 4 unspecified atom stereocenters. The van der Waals surface area contributed by atoms with Gasteiger partial charge in [-0.15, -0.1) is 0 Å². The molecule has 14 heavy (non-hydrogen) atoms. The second kappa shape index (κ2) is 3.49. The second-order valence-corrected chi connectivity index (χ2v) is 5.67. The van der Waals surface area contributed by atoms with E-state index >= 15 is 0 Å². The molecule has 2 saturated carbocycles. The summed E-state index contributed by atoms with van der Waals surface area (Å²) in [6.07, 6.45) is 5.82. The number of nitrogens with one attached hydrogen (secondary N) is 2. The molecule has 0 aromatic rings. The highest BCUT2D eigenvalue weighted by atomic mass is 15.0. The van der Waals surface area contributed by atoms with Gasteiger partial charge in [-0.05, 0) is 56.5 Å². The van der Waals surface area contributed by atoms with Crippen molar-refractivity contribution >= 4 is 0 Å². The third-order valence-electron chi connectivity index (χ3n) is 4.48. The Morgan fingerprint density at radius 3 is 2.64 bits per heavy atom. The van der Waals surface area contributed by atoms with Crippen molar-refractivity contribution in [3.8, 4) is 0 Å². The first-order chi connectivity index (χ1) is 6.83.